The standard InChI is InChI=1S/C17H17ClFNO4S/c1-10(11-4-7-16(24-2)15(19)8-11)20-17(21)13-9-12(25(3,22)23)5-6-14(13)18/h4-10H,1-3H3,(H,20,21). The third-order valence-corrected chi connectivity index (χ3v) is 5.07. The molecular weight excluding hydrogens is 369 g/mol. The maximum absolute atomic E-state index is 13.8. The lowest BCUT2D eigenvalue weighted by Gasteiger charge is -2.16. The lowest BCUT2D eigenvalue weighted by Crippen LogP contribution is -2.27. The molecule has 0 aromatic heterocycles. The molecule has 0 fully saturated rings. The summed E-state index contributed by atoms with van der Waals surface area (Å²) in [5, 5.41) is 2.79. The van der Waals surface area contributed by atoms with E-state index in [-0.39, 0.29) is 21.2 Å². The van der Waals surface area contributed by atoms with Gasteiger partial charge in [0.25, 0.3) is 5.91 Å². The molecule has 0 saturated carbocycles. The summed E-state index contributed by atoms with van der Waals surface area (Å²) >= 11 is 6.00. The molecule has 1 unspecified atom stereocenters. The second-order valence-corrected chi connectivity index (χ2v) is 7.93. The summed E-state index contributed by atoms with van der Waals surface area (Å²) in [6.07, 6.45) is 1.04. The Morgan fingerprint density at radius 3 is 2.48 bits per heavy atom. The van der Waals surface area contributed by atoms with Gasteiger partial charge in [-0.3, -0.25) is 4.79 Å². The summed E-state index contributed by atoms with van der Waals surface area (Å²) in [5.41, 5.74) is 0.562. The molecule has 0 aliphatic heterocycles. The third-order valence-electron chi connectivity index (χ3n) is 3.63. The van der Waals surface area contributed by atoms with Gasteiger partial charge in [-0.2, -0.15) is 0 Å². The van der Waals surface area contributed by atoms with Crippen LogP contribution in [0.5, 0.6) is 5.75 Å². The molecule has 2 aromatic carbocycles. The highest BCUT2D eigenvalue weighted by Gasteiger charge is 2.18. The largest absolute Gasteiger partial charge is 0.494 e. The predicted molar refractivity (Wildman–Crippen MR) is 93.4 cm³/mol. The van der Waals surface area contributed by atoms with Gasteiger partial charge in [0.2, 0.25) is 0 Å². The first-order valence-corrected chi connectivity index (χ1v) is 9.54. The quantitative estimate of drug-likeness (QED) is 0.856. The van der Waals surface area contributed by atoms with E-state index in [0.717, 1.165) is 6.26 Å². The van der Waals surface area contributed by atoms with Crippen LogP contribution in [0.3, 0.4) is 0 Å². The van der Waals surface area contributed by atoms with E-state index in [1.54, 1.807) is 13.0 Å². The van der Waals surface area contributed by atoms with Crippen LogP contribution in [0.2, 0.25) is 5.02 Å². The number of carbonyl (C=O) groups is 1. The number of hydrogen-bond donors (Lipinski definition) is 1. The zero-order valence-corrected chi connectivity index (χ0v) is 15.4. The van der Waals surface area contributed by atoms with E-state index >= 15 is 0 Å². The Bertz CT molecular complexity index is 915. The molecule has 1 N–H and O–H groups in total. The van der Waals surface area contributed by atoms with Crippen molar-refractivity contribution in [2.75, 3.05) is 13.4 Å². The van der Waals surface area contributed by atoms with E-state index < -0.39 is 27.6 Å². The molecule has 134 valence electrons. The number of hydrogen-bond acceptors (Lipinski definition) is 4. The Labute approximate surface area is 150 Å². The Kier molecular flexibility index (Phi) is 5.69. The van der Waals surface area contributed by atoms with Crippen molar-refractivity contribution in [2.24, 2.45) is 0 Å². The number of carbonyl (C=O) groups excluding carboxylic acids is 1. The van der Waals surface area contributed by atoms with E-state index in [4.69, 9.17) is 16.3 Å². The molecular formula is C17H17ClFNO4S. The molecule has 0 spiro atoms. The Balaban J connectivity index is 2.26. The summed E-state index contributed by atoms with van der Waals surface area (Å²) in [6.45, 7) is 1.67. The van der Waals surface area contributed by atoms with E-state index in [1.807, 2.05) is 0 Å². The van der Waals surface area contributed by atoms with Crippen molar-refractivity contribution in [3.8, 4) is 5.75 Å². The lowest BCUT2D eigenvalue weighted by atomic mass is 10.1. The molecule has 0 aliphatic carbocycles. The van der Waals surface area contributed by atoms with Gasteiger partial charge in [0.1, 0.15) is 0 Å². The molecule has 25 heavy (non-hydrogen) atoms. The van der Waals surface area contributed by atoms with Gasteiger partial charge in [-0.25, -0.2) is 12.8 Å². The molecule has 0 heterocycles. The second-order valence-electron chi connectivity index (χ2n) is 5.50. The number of halogens is 2. The van der Waals surface area contributed by atoms with Crippen LogP contribution in [0.4, 0.5) is 4.39 Å². The number of rotatable bonds is 5. The number of methoxy groups -OCH3 is 1. The molecule has 0 bridgehead atoms. The fourth-order valence-corrected chi connectivity index (χ4v) is 3.07. The zero-order chi connectivity index (χ0) is 18.8. The highest BCUT2D eigenvalue weighted by atomic mass is 35.5. The first-order valence-electron chi connectivity index (χ1n) is 7.27. The van der Waals surface area contributed by atoms with Crippen molar-refractivity contribution in [3.05, 3.63) is 58.4 Å². The topological polar surface area (TPSA) is 72.5 Å². The number of sulfone groups is 1. The Hall–Kier alpha value is -2.12. The fraction of sp³-hybridized carbons (Fsp3) is 0.235. The van der Waals surface area contributed by atoms with E-state index in [9.17, 15) is 17.6 Å². The summed E-state index contributed by atoms with van der Waals surface area (Å²) in [5.74, 6) is -0.997. The van der Waals surface area contributed by atoms with E-state index in [2.05, 4.69) is 5.32 Å². The van der Waals surface area contributed by atoms with Crippen LogP contribution in [0.1, 0.15) is 28.9 Å². The van der Waals surface area contributed by atoms with Crippen molar-refractivity contribution in [2.45, 2.75) is 17.9 Å². The van der Waals surface area contributed by atoms with Crippen molar-refractivity contribution < 1.29 is 22.3 Å². The average molecular weight is 386 g/mol. The molecule has 2 rings (SSSR count). The lowest BCUT2D eigenvalue weighted by molar-refractivity contribution is 0.0939. The van der Waals surface area contributed by atoms with E-state index in [1.165, 1.54) is 37.4 Å². The average Bonchev–Trinajstić information content (AvgIpc) is 2.53. The van der Waals surface area contributed by atoms with Gasteiger partial charge in [-0.1, -0.05) is 17.7 Å². The monoisotopic (exact) mass is 385 g/mol. The van der Waals surface area contributed by atoms with Gasteiger partial charge >= 0.3 is 0 Å². The maximum Gasteiger partial charge on any atom is 0.253 e. The minimum Gasteiger partial charge on any atom is -0.494 e. The van der Waals surface area contributed by atoms with Gasteiger partial charge in [0.05, 0.1) is 28.6 Å². The van der Waals surface area contributed by atoms with Crippen LogP contribution in [-0.2, 0) is 9.84 Å². The SMILES string of the molecule is COc1ccc(C(C)NC(=O)c2cc(S(C)(=O)=O)ccc2Cl)cc1F. The van der Waals surface area contributed by atoms with E-state index in [0.29, 0.717) is 5.56 Å². The maximum atomic E-state index is 13.8. The van der Waals surface area contributed by atoms with Crippen LogP contribution in [0, 0.1) is 5.82 Å². The summed E-state index contributed by atoms with van der Waals surface area (Å²) in [4.78, 5) is 12.4. The smallest absolute Gasteiger partial charge is 0.253 e. The normalized spacial score (nSPS) is 12.5. The number of nitrogens with one attached hydrogen (secondary N) is 1. The summed E-state index contributed by atoms with van der Waals surface area (Å²) in [7, 11) is -2.11. The minimum absolute atomic E-state index is 0.00908. The van der Waals surface area contributed by atoms with Gasteiger partial charge in [-0.05, 0) is 42.8 Å². The molecule has 8 heteroatoms. The first kappa shape index (κ1) is 19.2. The molecule has 1 amide bonds. The Morgan fingerprint density at radius 2 is 1.92 bits per heavy atom. The molecule has 0 saturated heterocycles. The van der Waals surface area contributed by atoms with Gasteiger partial charge in [-0.15, -0.1) is 0 Å². The highest BCUT2D eigenvalue weighted by Crippen LogP contribution is 2.24. The van der Waals surface area contributed by atoms with Crippen molar-refractivity contribution >= 4 is 27.3 Å². The molecule has 1 atom stereocenters. The Morgan fingerprint density at radius 1 is 1.24 bits per heavy atom. The second kappa shape index (κ2) is 7.41. The molecule has 2 aromatic rings. The fourth-order valence-electron chi connectivity index (χ4n) is 2.22. The van der Waals surface area contributed by atoms with Gasteiger partial charge in [0, 0.05) is 6.26 Å². The van der Waals surface area contributed by atoms with Crippen LogP contribution in [0.15, 0.2) is 41.3 Å². The number of ether oxygens (including phenoxy) is 1. The number of benzene rings is 2. The van der Waals surface area contributed by atoms with Gasteiger partial charge < -0.3 is 10.1 Å². The van der Waals surface area contributed by atoms with Crippen molar-refractivity contribution in [3.63, 3.8) is 0 Å². The molecule has 5 nitrogen and oxygen atoms in total. The van der Waals surface area contributed by atoms with Gasteiger partial charge in [0.15, 0.2) is 21.4 Å². The predicted octanol–water partition coefficient (Wildman–Crippen LogP) is 3.38. The highest BCUT2D eigenvalue weighted by molar-refractivity contribution is 7.90. The number of amides is 1. The first-order chi connectivity index (χ1) is 11.6. The van der Waals surface area contributed by atoms with Crippen LogP contribution < -0.4 is 10.1 Å². The van der Waals surface area contributed by atoms with Crippen LogP contribution >= 0.6 is 11.6 Å². The summed E-state index contributed by atoms with van der Waals surface area (Å²) < 4.78 is 41.9. The molecule has 0 radical (unpaired) electrons. The van der Waals surface area contributed by atoms with Crippen molar-refractivity contribution in [1.82, 2.24) is 5.32 Å². The van der Waals surface area contributed by atoms with Crippen LogP contribution in [-0.4, -0.2) is 27.7 Å². The third kappa shape index (κ3) is 4.49. The summed E-state index contributed by atoms with van der Waals surface area (Å²) in [6, 6.07) is 7.73. The zero-order valence-electron chi connectivity index (χ0n) is 13.8. The van der Waals surface area contributed by atoms with Crippen LogP contribution in [0.25, 0.3) is 0 Å². The minimum atomic E-state index is -3.47. The molecule has 0 aliphatic rings. The van der Waals surface area contributed by atoms with Crippen molar-refractivity contribution in [1.29, 1.82) is 0 Å².